The van der Waals surface area contributed by atoms with Crippen LogP contribution in [0.2, 0.25) is 0 Å². The van der Waals surface area contributed by atoms with E-state index < -0.39 is 36.9 Å². The molecule has 1 fully saturated rings. The molecule has 10 nitrogen and oxygen atoms in total. The van der Waals surface area contributed by atoms with Gasteiger partial charge in [0.15, 0.2) is 6.23 Å². The van der Waals surface area contributed by atoms with Crippen LogP contribution in [0.3, 0.4) is 0 Å². The Labute approximate surface area is 162 Å². The minimum atomic E-state index is -3.48. The summed E-state index contributed by atoms with van der Waals surface area (Å²) in [5.41, 5.74) is 5.75. The molecule has 154 valence electrons. The van der Waals surface area contributed by atoms with Crippen molar-refractivity contribution in [2.24, 2.45) is 0 Å². The smallest absolute Gasteiger partial charge is 0.351 e. The predicted octanol–water partition coefficient (Wildman–Crippen LogP) is 0.721. The lowest BCUT2D eigenvalue weighted by Gasteiger charge is -2.27. The number of hydrogen-bond donors (Lipinski definition) is 2. The van der Waals surface area contributed by atoms with Crippen LogP contribution in [0.5, 0.6) is 0 Å². The number of methoxy groups -OCH3 is 1. The summed E-state index contributed by atoms with van der Waals surface area (Å²) in [6.45, 7) is 0.706. The third-order valence-electron chi connectivity index (χ3n) is 4.22. The zero-order chi connectivity index (χ0) is 20.2. The van der Waals surface area contributed by atoms with Crippen molar-refractivity contribution >= 4 is 24.3 Å². The molecule has 2 rings (SSSR count). The lowest BCUT2D eigenvalue weighted by Crippen LogP contribution is -2.39. The Morgan fingerprint density at radius 3 is 2.70 bits per heavy atom. The fraction of sp³-hybridized carbons (Fsp3) is 0.733. The Morgan fingerprint density at radius 2 is 2.11 bits per heavy atom. The highest BCUT2D eigenvalue weighted by Crippen LogP contribution is 2.48. The van der Waals surface area contributed by atoms with Crippen molar-refractivity contribution in [1.29, 1.82) is 0 Å². The van der Waals surface area contributed by atoms with E-state index in [0.29, 0.717) is 18.6 Å². The average Bonchev–Trinajstić information content (AvgIpc) is 2.95. The van der Waals surface area contributed by atoms with Gasteiger partial charge in [-0.3, -0.25) is 9.09 Å². The molecule has 0 radical (unpaired) electrons. The third-order valence-corrected chi connectivity index (χ3v) is 5.90. The number of nitrogens with two attached hydrogens (primary N) is 1. The number of ether oxygens (including phenoxy) is 3. The summed E-state index contributed by atoms with van der Waals surface area (Å²) in [4.78, 5) is 26.3. The van der Waals surface area contributed by atoms with E-state index >= 15 is 0 Å². The highest BCUT2D eigenvalue weighted by molar-refractivity contribution is 8.07. The number of rotatable bonds is 9. The average molecular weight is 423 g/mol. The predicted molar refractivity (Wildman–Crippen MR) is 102 cm³/mol. The first kappa shape index (κ1) is 22.4. The summed E-state index contributed by atoms with van der Waals surface area (Å²) >= 11 is 4.98. The van der Waals surface area contributed by atoms with Gasteiger partial charge in [-0.15, -0.1) is 0 Å². The fourth-order valence-electron chi connectivity index (χ4n) is 2.79. The van der Waals surface area contributed by atoms with Crippen molar-refractivity contribution < 1.29 is 28.2 Å². The molecule has 1 aromatic rings. The Kier molecular flexibility index (Phi) is 7.90. The zero-order valence-corrected chi connectivity index (χ0v) is 17.4. The quantitative estimate of drug-likeness (QED) is 0.433. The maximum absolute atomic E-state index is 12.4. The molecule has 12 heteroatoms. The Morgan fingerprint density at radius 1 is 1.41 bits per heavy atom. The maximum atomic E-state index is 12.4. The van der Waals surface area contributed by atoms with Gasteiger partial charge in [0.1, 0.15) is 18.0 Å². The number of aromatic nitrogens is 2. The minimum absolute atomic E-state index is 0.149. The summed E-state index contributed by atoms with van der Waals surface area (Å²) in [7, 11) is 2.82. The molecule has 0 aliphatic carbocycles. The molecule has 5 atom stereocenters. The first-order valence-corrected chi connectivity index (χ1v) is 11.0. The second-order valence-corrected chi connectivity index (χ2v) is 8.92. The van der Waals surface area contributed by atoms with Gasteiger partial charge in [0.25, 0.3) is 0 Å². The van der Waals surface area contributed by atoms with E-state index in [-0.39, 0.29) is 12.4 Å². The highest BCUT2D eigenvalue weighted by atomic mass is 32.5. The van der Waals surface area contributed by atoms with Crippen molar-refractivity contribution in [1.82, 2.24) is 9.55 Å². The molecule has 3 N–H and O–H groups in total. The fourth-order valence-corrected chi connectivity index (χ4v) is 3.74. The van der Waals surface area contributed by atoms with E-state index in [1.165, 1.54) is 11.7 Å². The SMILES string of the molecule is CC[C@H]1O[C@@H](n2cc(C)c(N)nc2=O)C(OCCOC)[C@H]1OP(O)(=S)OC. The molecule has 2 heterocycles. The molecule has 1 saturated heterocycles. The molecule has 0 aromatic carbocycles. The number of hydrogen-bond acceptors (Lipinski definition) is 9. The standard InChI is InChI=1S/C15H26N3O7PS/c1-5-10-11(25-26(20,27)22-4)12(23-7-6-21-3)14(24-10)18-8-9(2)13(16)17-15(18)19/h8,10-12,14H,5-7H2,1-4H3,(H,20,27)(H2,16,17,19)/t10-,11+,12?,14-,26?/m1/s1. The van der Waals surface area contributed by atoms with Crippen LogP contribution in [0.25, 0.3) is 0 Å². The summed E-state index contributed by atoms with van der Waals surface area (Å²) in [5.74, 6) is 0.149. The largest absolute Gasteiger partial charge is 0.383 e. The van der Waals surface area contributed by atoms with E-state index in [1.54, 1.807) is 20.2 Å². The second kappa shape index (κ2) is 9.53. The third kappa shape index (κ3) is 5.33. The molecule has 1 aromatic heterocycles. The Hall–Kier alpha value is -0.910. The van der Waals surface area contributed by atoms with Gasteiger partial charge in [0.05, 0.1) is 19.3 Å². The summed E-state index contributed by atoms with van der Waals surface area (Å²) in [6, 6.07) is 0. The van der Waals surface area contributed by atoms with Crippen LogP contribution in [-0.4, -0.2) is 60.2 Å². The topological polar surface area (TPSA) is 127 Å². The van der Waals surface area contributed by atoms with Crippen molar-refractivity contribution in [2.75, 3.05) is 33.2 Å². The van der Waals surface area contributed by atoms with Crippen molar-refractivity contribution in [3.05, 3.63) is 22.2 Å². The number of nitrogen functional groups attached to an aromatic ring is 1. The lowest BCUT2D eigenvalue weighted by atomic mass is 10.1. The number of aryl methyl sites for hydroxylation is 1. The highest BCUT2D eigenvalue weighted by Gasteiger charge is 2.49. The van der Waals surface area contributed by atoms with Crippen molar-refractivity contribution in [3.8, 4) is 0 Å². The number of anilines is 1. The monoisotopic (exact) mass is 423 g/mol. The first-order valence-electron chi connectivity index (χ1n) is 8.42. The molecule has 0 saturated carbocycles. The van der Waals surface area contributed by atoms with Crippen LogP contribution in [-0.2, 0) is 35.1 Å². The second-order valence-electron chi connectivity index (χ2n) is 6.02. The van der Waals surface area contributed by atoms with Gasteiger partial charge in [0, 0.05) is 26.0 Å². The first-order chi connectivity index (χ1) is 12.7. The van der Waals surface area contributed by atoms with E-state index in [2.05, 4.69) is 4.98 Å². The molecule has 2 unspecified atom stereocenters. The van der Waals surface area contributed by atoms with Crippen LogP contribution < -0.4 is 11.4 Å². The molecular weight excluding hydrogens is 397 g/mol. The van der Waals surface area contributed by atoms with Gasteiger partial charge >= 0.3 is 12.4 Å². The van der Waals surface area contributed by atoms with Gasteiger partial charge < -0.3 is 29.4 Å². The Balaban J connectivity index is 2.41. The van der Waals surface area contributed by atoms with E-state index in [4.69, 9.17) is 40.8 Å². The molecule has 1 aliphatic heterocycles. The van der Waals surface area contributed by atoms with E-state index in [0.717, 1.165) is 0 Å². The van der Waals surface area contributed by atoms with E-state index in [1.807, 2.05) is 6.92 Å². The molecule has 27 heavy (non-hydrogen) atoms. The number of nitrogens with zero attached hydrogens (tertiary/aromatic N) is 2. The maximum Gasteiger partial charge on any atom is 0.351 e. The summed E-state index contributed by atoms with van der Waals surface area (Å²) in [6.07, 6.45) is -0.683. The molecule has 1 aliphatic rings. The van der Waals surface area contributed by atoms with Crippen LogP contribution in [0.1, 0.15) is 25.1 Å². The van der Waals surface area contributed by atoms with Crippen LogP contribution in [0.4, 0.5) is 5.82 Å². The zero-order valence-electron chi connectivity index (χ0n) is 15.7. The van der Waals surface area contributed by atoms with Crippen molar-refractivity contribution in [3.63, 3.8) is 0 Å². The van der Waals surface area contributed by atoms with Gasteiger partial charge in [-0.2, -0.15) is 4.98 Å². The van der Waals surface area contributed by atoms with Gasteiger partial charge in [-0.25, -0.2) is 4.79 Å². The molecule has 0 amide bonds. The summed E-state index contributed by atoms with van der Waals surface area (Å²) in [5, 5.41) is 0. The lowest BCUT2D eigenvalue weighted by molar-refractivity contribution is -0.0785. The molecule has 0 spiro atoms. The van der Waals surface area contributed by atoms with Crippen LogP contribution in [0, 0.1) is 6.92 Å². The van der Waals surface area contributed by atoms with Gasteiger partial charge in [-0.1, -0.05) is 6.92 Å². The van der Waals surface area contributed by atoms with Crippen LogP contribution in [0.15, 0.2) is 11.0 Å². The van der Waals surface area contributed by atoms with Crippen molar-refractivity contribution in [2.45, 2.75) is 44.8 Å². The van der Waals surface area contributed by atoms with E-state index in [9.17, 15) is 9.69 Å². The Bertz CT molecular complexity index is 747. The normalized spacial score (nSPS) is 27.6. The van der Waals surface area contributed by atoms with Gasteiger partial charge in [0.2, 0.25) is 0 Å². The molecule has 0 bridgehead atoms. The van der Waals surface area contributed by atoms with Gasteiger partial charge in [-0.05, 0) is 25.2 Å². The molecular formula is C15H26N3O7PS. The van der Waals surface area contributed by atoms with Crippen LogP contribution >= 0.6 is 6.72 Å². The minimum Gasteiger partial charge on any atom is -0.383 e. The summed E-state index contributed by atoms with van der Waals surface area (Å²) < 4.78 is 28.8.